The number of nitrogens with zero attached hydrogens (tertiary/aromatic N) is 1. The average molecular weight is 434 g/mol. The van der Waals surface area contributed by atoms with E-state index in [9.17, 15) is 9.90 Å². The zero-order valence-electron chi connectivity index (χ0n) is 15.6. The maximum Gasteiger partial charge on any atom is 0.238 e. The summed E-state index contributed by atoms with van der Waals surface area (Å²) >= 11 is 18.3. The van der Waals surface area contributed by atoms with Crippen LogP contribution in [0, 0.1) is 11.8 Å². The number of carbonyl (C=O) groups is 1. The molecule has 0 spiro atoms. The SMILES string of the molecule is C[C@@H]1CC[C@H](O)[C@H]([C@H]2CCCCN2CC(=O)Nc2c(Cl)cc(Cl)cc2Cl)C1. The quantitative estimate of drug-likeness (QED) is 0.683. The standard InChI is InChI=1S/C20H27Cl3N2O2/c1-12-5-6-18(26)14(8-12)17-4-2-3-7-25(17)11-19(27)24-20-15(22)9-13(21)10-16(20)23/h9-10,12,14,17-18,26H,2-8,11H2,1H3,(H,24,27)/t12-,14+,17-,18+/m1/s1. The Hall–Kier alpha value is -0.520. The Morgan fingerprint density at radius 2 is 1.89 bits per heavy atom. The molecule has 150 valence electrons. The van der Waals surface area contributed by atoms with Crippen LogP contribution in [0.2, 0.25) is 15.1 Å². The highest BCUT2D eigenvalue weighted by Gasteiger charge is 2.38. The Balaban J connectivity index is 1.68. The topological polar surface area (TPSA) is 52.6 Å². The van der Waals surface area contributed by atoms with Crippen LogP contribution < -0.4 is 5.32 Å². The van der Waals surface area contributed by atoms with E-state index in [0.29, 0.717) is 26.7 Å². The van der Waals surface area contributed by atoms with Gasteiger partial charge in [-0.2, -0.15) is 0 Å². The van der Waals surface area contributed by atoms with Gasteiger partial charge in [0.1, 0.15) is 0 Å². The fraction of sp³-hybridized carbons (Fsp3) is 0.650. The summed E-state index contributed by atoms with van der Waals surface area (Å²) in [6.07, 6.45) is 5.95. The molecule has 1 amide bonds. The van der Waals surface area contributed by atoms with Gasteiger partial charge >= 0.3 is 0 Å². The Labute approximate surface area is 176 Å². The lowest BCUT2D eigenvalue weighted by Crippen LogP contribution is -2.51. The van der Waals surface area contributed by atoms with E-state index in [1.165, 1.54) is 0 Å². The molecule has 4 nitrogen and oxygen atoms in total. The molecular weight excluding hydrogens is 407 g/mol. The van der Waals surface area contributed by atoms with Crippen molar-refractivity contribution in [2.24, 2.45) is 11.8 Å². The number of nitrogens with one attached hydrogen (secondary N) is 1. The van der Waals surface area contributed by atoms with E-state index in [2.05, 4.69) is 17.1 Å². The predicted molar refractivity (Wildman–Crippen MR) is 112 cm³/mol. The molecule has 0 bridgehead atoms. The Morgan fingerprint density at radius 1 is 1.19 bits per heavy atom. The van der Waals surface area contributed by atoms with E-state index in [4.69, 9.17) is 34.8 Å². The molecule has 1 heterocycles. The molecule has 1 aliphatic heterocycles. The Kier molecular flexibility index (Phi) is 7.32. The highest BCUT2D eigenvalue weighted by atomic mass is 35.5. The average Bonchev–Trinajstić information content (AvgIpc) is 2.61. The molecule has 4 atom stereocenters. The van der Waals surface area contributed by atoms with Crippen LogP contribution in [-0.4, -0.2) is 41.1 Å². The second kappa shape index (κ2) is 9.32. The molecule has 0 radical (unpaired) electrons. The van der Waals surface area contributed by atoms with E-state index in [-0.39, 0.29) is 30.5 Å². The maximum atomic E-state index is 12.7. The first-order chi connectivity index (χ1) is 12.8. The number of anilines is 1. The van der Waals surface area contributed by atoms with Gasteiger partial charge in [0.25, 0.3) is 0 Å². The van der Waals surface area contributed by atoms with Crippen molar-refractivity contribution in [2.45, 2.75) is 57.6 Å². The molecular formula is C20H27Cl3N2O2. The largest absolute Gasteiger partial charge is 0.393 e. The van der Waals surface area contributed by atoms with Crippen LogP contribution in [0.15, 0.2) is 12.1 Å². The van der Waals surface area contributed by atoms with Crippen molar-refractivity contribution < 1.29 is 9.90 Å². The van der Waals surface area contributed by atoms with Crippen molar-refractivity contribution in [3.8, 4) is 0 Å². The van der Waals surface area contributed by atoms with Gasteiger partial charge in [0.05, 0.1) is 28.4 Å². The number of rotatable bonds is 4. The minimum absolute atomic E-state index is 0.147. The summed E-state index contributed by atoms with van der Waals surface area (Å²) in [5.74, 6) is 0.721. The van der Waals surface area contributed by atoms with Crippen LogP contribution >= 0.6 is 34.8 Å². The molecule has 0 aromatic heterocycles. The molecule has 1 saturated heterocycles. The molecule has 2 aliphatic rings. The van der Waals surface area contributed by atoms with E-state index in [1.54, 1.807) is 12.1 Å². The summed E-state index contributed by atoms with van der Waals surface area (Å²) in [5.41, 5.74) is 0.396. The third kappa shape index (κ3) is 5.30. The number of carbonyl (C=O) groups excluding carboxylic acids is 1. The van der Waals surface area contributed by atoms with Crippen LogP contribution in [0.25, 0.3) is 0 Å². The number of hydrogen-bond donors (Lipinski definition) is 2. The van der Waals surface area contributed by atoms with Gasteiger partial charge in [-0.1, -0.05) is 48.1 Å². The minimum Gasteiger partial charge on any atom is -0.393 e. The monoisotopic (exact) mass is 432 g/mol. The number of benzene rings is 1. The van der Waals surface area contributed by atoms with Gasteiger partial charge in [-0.25, -0.2) is 0 Å². The summed E-state index contributed by atoms with van der Waals surface area (Å²) in [4.78, 5) is 14.9. The van der Waals surface area contributed by atoms with E-state index >= 15 is 0 Å². The second-order valence-corrected chi connectivity index (χ2v) is 9.23. The number of aliphatic hydroxyl groups excluding tert-OH is 1. The maximum absolute atomic E-state index is 12.7. The van der Waals surface area contributed by atoms with Gasteiger partial charge < -0.3 is 10.4 Å². The molecule has 3 rings (SSSR count). The summed E-state index contributed by atoms with van der Waals surface area (Å²) in [5, 5.41) is 14.5. The van der Waals surface area contributed by atoms with Crippen LogP contribution in [0.5, 0.6) is 0 Å². The van der Waals surface area contributed by atoms with Crippen LogP contribution in [0.3, 0.4) is 0 Å². The van der Waals surface area contributed by atoms with E-state index in [0.717, 1.165) is 45.1 Å². The fourth-order valence-electron chi connectivity index (χ4n) is 4.55. The number of hydrogen-bond acceptors (Lipinski definition) is 3. The number of amides is 1. The molecule has 2 fully saturated rings. The van der Waals surface area contributed by atoms with Crippen molar-refractivity contribution in [1.82, 2.24) is 4.90 Å². The third-order valence-electron chi connectivity index (χ3n) is 5.90. The third-order valence-corrected chi connectivity index (χ3v) is 6.71. The Morgan fingerprint density at radius 3 is 2.59 bits per heavy atom. The van der Waals surface area contributed by atoms with Crippen molar-refractivity contribution in [3.05, 3.63) is 27.2 Å². The summed E-state index contributed by atoms with van der Waals surface area (Å²) in [6, 6.07) is 3.38. The first-order valence-electron chi connectivity index (χ1n) is 9.71. The van der Waals surface area contributed by atoms with E-state index in [1.807, 2.05) is 0 Å². The normalized spacial score (nSPS) is 29.5. The van der Waals surface area contributed by atoms with Crippen molar-refractivity contribution in [3.63, 3.8) is 0 Å². The fourth-order valence-corrected chi connectivity index (χ4v) is 5.46. The molecule has 1 aromatic carbocycles. The van der Waals surface area contributed by atoms with Crippen LogP contribution in [-0.2, 0) is 4.79 Å². The molecule has 1 aromatic rings. The second-order valence-electron chi connectivity index (χ2n) is 7.98. The molecule has 27 heavy (non-hydrogen) atoms. The van der Waals surface area contributed by atoms with Gasteiger partial charge in [0.2, 0.25) is 5.91 Å². The van der Waals surface area contributed by atoms with Gasteiger partial charge in [0, 0.05) is 17.0 Å². The van der Waals surface area contributed by atoms with Gasteiger partial charge in [-0.15, -0.1) is 0 Å². The smallest absolute Gasteiger partial charge is 0.238 e. The number of halogens is 3. The highest BCUT2D eigenvalue weighted by molar-refractivity contribution is 6.42. The number of likely N-dealkylation sites (tertiary alicyclic amines) is 1. The van der Waals surface area contributed by atoms with Gasteiger partial charge in [-0.3, -0.25) is 9.69 Å². The summed E-state index contributed by atoms with van der Waals surface area (Å²) in [6.45, 7) is 3.40. The lowest BCUT2D eigenvalue weighted by Gasteiger charge is -2.44. The first-order valence-corrected chi connectivity index (χ1v) is 10.8. The molecule has 2 N–H and O–H groups in total. The predicted octanol–water partition coefficient (Wildman–Crippen LogP) is 5.24. The first kappa shape index (κ1) is 21.2. The van der Waals surface area contributed by atoms with Gasteiger partial charge in [0.15, 0.2) is 0 Å². The Bertz CT molecular complexity index is 662. The van der Waals surface area contributed by atoms with Crippen LogP contribution in [0.1, 0.15) is 45.4 Å². The van der Waals surface area contributed by atoms with Gasteiger partial charge in [-0.05, 0) is 56.7 Å². The molecule has 7 heteroatoms. The molecule has 0 unspecified atom stereocenters. The highest BCUT2D eigenvalue weighted by Crippen LogP contribution is 2.37. The van der Waals surface area contributed by atoms with Crippen molar-refractivity contribution in [1.29, 1.82) is 0 Å². The lowest BCUT2D eigenvalue weighted by molar-refractivity contribution is -0.119. The lowest BCUT2D eigenvalue weighted by atomic mass is 9.74. The molecule has 1 saturated carbocycles. The van der Waals surface area contributed by atoms with E-state index < -0.39 is 0 Å². The molecule has 1 aliphatic carbocycles. The number of piperidine rings is 1. The van der Waals surface area contributed by atoms with Crippen molar-refractivity contribution in [2.75, 3.05) is 18.4 Å². The van der Waals surface area contributed by atoms with Crippen molar-refractivity contribution >= 4 is 46.4 Å². The summed E-state index contributed by atoms with van der Waals surface area (Å²) < 4.78 is 0. The zero-order valence-corrected chi connectivity index (χ0v) is 17.8. The minimum atomic E-state index is -0.269. The zero-order chi connectivity index (χ0) is 19.6. The summed E-state index contributed by atoms with van der Waals surface area (Å²) in [7, 11) is 0. The van der Waals surface area contributed by atoms with Crippen LogP contribution in [0.4, 0.5) is 5.69 Å². The number of aliphatic hydroxyl groups is 1.